The van der Waals surface area contributed by atoms with Gasteiger partial charge in [-0.05, 0) is 30.0 Å². The minimum atomic E-state index is -0.886. The molecule has 0 bridgehead atoms. The largest absolute Gasteiger partial charge is 0.341 e. The molecule has 0 fully saturated rings. The van der Waals surface area contributed by atoms with Gasteiger partial charge in [0, 0.05) is 26.1 Å². The summed E-state index contributed by atoms with van der Waals surface area (Å²) in [4.78, 5) is 14.1. The standard InChI is InChI=1S/C19H22F2N2O/c20-17-8-4-7-16(19(17)21)9-10-18(24)23(14-12-22)13-11-15-5-2-1-3-6-15/h1-8H,9-14,22H2. The van der Waals surface area contributed by atoms with Crippen molar-refractivity contribution in [1.29, 1.82) is 0 Å². The van der Waals surface area contributed by atoms with Crippen LogP contribution in [0.15, 0.2) is 48.5 Å². The van der Waals surface area contributed by atoms with Crippen molar-refractivity contribution in [3.63, 3.8) is 0 Å². The smallest absolute Gasteiger partial charge is 0.222 e. The van der Waals surface area contributed by atoms with Gasteiger partial charge in [-0.3, -0.25) is 4.79 Å². The molecule has 128 valence electrons. The summed E-state index contributed by atoms with van der Waals surface area (Å²) in [6, 6.07) is 13.9. The van der Waals surface area contributed by atoms with E-state index in [0.29, 0.717) is 19.6 Å². The maximum atomic E-state index is 13.7. The fraction of sp³-hybridized carbons (Fsp3) is 0.316. The van der Waals surface area contributed by atoms with Crippen molar-refractivity contribution in [3.8, 4) is 0 Å². The van der Waals surface area contributed by atoms with Gasteiger partial charge in [0.05, 0.1) is 0 Å². The molecule has 2 N–H and O–H groups in total. The van der Waals surface area contributed by atoms with E-state index in [1.807, 2.05) is 30.3 Å². The molecule has 1 amide bonds. The molecule has 0 spiro atoms. The van der Waals surface area contributed by atoms with Crippen LogP contribution in [-0.2, 0) is 17.6 Å². The molecule has 5 heteroatoms. The minimum Gasteiger partial charge on any atom is -0.341 e. The third-order valence-corrected chi connectivity index (χ3v) is 3.90. The zero-order valence-corrected chi connectivity index (χ0v) is 13.6. The lowest BCUT2D eigenvalue weighted by atomic mass is 10.1. The van der Waals surface area contributed by atoms with E-state index in [1.165, 1.54) is 12.1 Å². The second-order valence-corrected chi connectivity index (χ2v) is 5.62. The maximum Gasteiger partial charge on any atom is 0.222 e. The molecule has 0 atom stereocenters. The molecule has 0 saturated carbocycles. The zero-order chi connectivity index (χ0) is 17.4. The van der Waals surface area contributed by atoms with E-state index in [1.54, 1.807) is 4.90 Å². The number of carbonyl (C=O) groups excluding carboxylic acids is 1. The summed E-state index contributed by atoms with van der Waals surface area (Å²) in [5, 5.41) is 0. The summed E-state index contributed by atoms with van der Waals surface area (Å²) < 4.78 is 26.9. The number of halogens is 2. The first-order valence-corrected chi connectivity index (χ1v) is 8.06. The Hall–Kier alpha value is -2.27. The Morgan fingerprint density at radius 3 is 2.42 bits per heavy atom. The monoisotopic (exact) mass is 332 g/mol. The summed E-state index contributed by atoms with van der Waals surface area (Å²) in [6.45, 7) is 1.39. The summed E-state index contributed by atoms with van der Waals surface area (Å²) in [6.07, 6.45) is 1.05. The van der Waals surface area contributed by atoms with Crippen molar-refractivity contribution >= 4 is 5.91 Å². The van der Waals surface area contributed by atoms with Crippen molar-refractivity contribution in [3.05, 3.63) is 71.3 Å². The first kappa shape index (κ1) is 18.1. The van der Waals surface area contributed by atoms with Crippen molar-refractivity contribution in [2.75, 3.05) is 19.6 Å². The molecule has 3 nitrogen and oxygen atoms in total. The Balaban J connectivity index is 1.92. The Kier molecular flexibility index (Phi) is 6.88. The van der Waals surface area contributed by atoms with Crippen LogP contribution in [0.2, 0.25) is 0 Å². The fourth-order valence-corrected chi connectivity index (χ4v) is 2.57. The summed E-state index contributed by atoms with van der Waals surface area (Å²) in [5.41, 5.74) is 6.95. The first-order valence-electron chi connectivity index (χ1n) is 8.06. The van der Waals surface area contributed by atoms with Crippen molar-refractivity contribution in [1.82, 2.24) is 4.90 Å². The number of aryl methyl sites for hydroxylation is 1. The van der Waals surface area contributed by atoms with Crippen LogP contribution in [0.25, 0.3) is 0 Å². The normalized spacial score (nSPS) is 10.6. The molecule has 24 heavy (non-hydrogen) atoms. The summed E-state index contributed by atoms with van der Waals surface area (Å²) >= 11 is 0. The van der Waals surface area contributed by atoms with Gasteiger partial charge in [0.15, 0.2) is 11.6 Å². The predicted molar refractivity (Wildman–Crippen MR) is 90.5 cm³/mol. The number of amides is 1. The summed E-state index contributed by atoms with van der Waals surface area (Å²) in [5.74, 6) is -1.86. The molecule has 0 aliphatic heterocycles. The highest BCUT2D eigenvalue weighted by Gasteiger charge is 2.15. The Morgan fingerprint density at radius 1 is 0.958 bits per heavy atom. The van der Waals surface area contributed by atoms with Gasteiger partial charge in [-0.25, -0.2) is 8.78 Å². The second-order valence-electron chi connectivity index (χ2n) is 5.62. The fourth-order valence-electron chi connectivity index (χ4n) is 2.57. The lowest BCUT2D eigenvalue weighted by Gasteiger charge is -2.22. The zero-order valence-electron chi connectivity index (χ0n) is 13.6. The van der Waals surface area contributed by atoms with E-state index >= 15 is 0 Å². The van der Waals surface area contributed by atoms with E-state index in [4.69, 9.17) is 5.73 Å². The molecular formula is C19H22F2N2O. The van der Waals surface area contributed by atoms with Crippen LogP contribution >= 0.6 is 0 Å². The minimum absolute atomic E-state index is 0.0972. The Labute approximate surface area is 141 Å². The van der Waals surface area contributed by atoms with Gasteiger partial charge in [-0.2, -0.15) is 0 Å². The second kappa shape index (κ2) is 9.13. The molecule has 2 rings (SSSR count). The highest BCUT2D eigenvalue weighted by atomic mass is 19.2. The van der Waals surface area contributed by atoms with Crippen LogP contribution in [0.4, 0.5) is 8.78 Å². The Bertz CT molecular complexity index is 662. The van der Waals surface area contributed by atoms with Gasteiger partial charge in [-0.1, -0.05) is 42.5 Å². The van der Waals surface area contributed by atoms with Gasteiger partial charge in [-0.15, -0.1) is 0 Å². The van der Waals surface area contributed by atoms with Gasteiger partial charge < -0.3 is 10.6 Å². The van der Waals surface area contributed by atoms with Crippen molar-refractivity contribution in [2.24, 2.45) is 5.73 Å². The number of benzene rings is 2. The number of carbonyl (C=O) groups is 1. The van der Waals surface area contributed by atoms with E-state index in [2.05, 4.69) is 0 Å². The molecule has 0 aliphatic carbocycles. The van der Waals surface area contributed by atoms with Crippen LogP contribution in [-0.4, -0.2) is 30.4 Å². The van der Waals surface area contributed by atoms with Crippen molar-refractivity contribution in [2.45, 2.75) is 19.3 Å². The molecule has 0 saturated heterocycles. The number of hydrogen-bond acceptors (Lipinski definition) is 2. The molecule has 0 aromatic heterocycles. The predicted octanol–water partition coefficient (Wildman–Crippen LogP) is 2.93. The number of rotatable bonds is 8. The lowest BCUT2D eigenvalue weighted by Crippen LogP contribution is -2.37. The van der Waals surface area contributed by atoms with Crippen LogP contribution < -0.4 is 5.73 Å². The van der Waals surface area contributed by atoms with Gasteiger partial charge >= 0.3 is 0 Å². The van der Waals surface area contributed by atoms with Crippen LogP contribution in [0.1, 0.15) is 17.5 Å². The highest BCUT2D eigenvalue weighted by molar-refractivity contribution is 5.76. The molecule has 2 aromatic rings. The first-order chi connectivity index (χ1) is 11.6. The van der Waals surface area contributed by atoms with E-state index in [0.717, 1.165) is 18.1 Å². The van der Waals surface area contributed by atoms with E-state index < -0.39 is 11.6 Å². The van der Waals surface area contributed by atoms with Crippen LogP contribution in [0.5, 0.6) is 0 Å². The highest BCUT2D eigenvalue weighted by Crippen LogP contribution is 2.14. The van der Waals surface area contributed by atoms with Gasteiger partial charge in [0.1, 0.15) is 0 Å². The Morgan fingerprint density at radius 2 is 1.71 bits per heavy atom. The van der Waals surface area contributed by atoms with Crippen LogP contribution in [0, 0.1) is 11.6 Å². The molecule has 2 aromatic carbocycles. The van der Waals surface area contributed by atoms with Crippen molar-refractivity contribution < 1.29 is 13.6 Å². The third kappa shape index (κ3) is 5.13. The third-order valence-electron chi connectivity index (χ3n) is 3.90. The molecule has 0 heterocycles. The molecule has 0 aliphatic rings. The van der Waals surface area contributed by atoms with E-state index in [9.17, 15) is 13.6 Å². The van der Waals surface area contributed by atoms with E-state index in [-0.39, 0.29) is 24.3 Å². The topological polar surface area (TPSA) is 46.3 Å². The number of hydrogen-bond donors (Lipinski definition) is 1. The SMILES string of the molecule is NCCN(CCc1ccccc1)C(=O)CCc1cccc(F)c1F. The quantitative estimate of drug-likeness (QED) is 0.808. The lowest BCUT2D eigenvalue weighted by molar-refractivity contribution is -0.131. The van der Waals surface area contributed by atoms with Gasteiger partial charge in [0.25, 0.3) is 0 Å². The number of nitrogens with zero attached hydrogens (tertiary/aromatic N) is 1. The number of nitrogens with two attached hydrogens (primary N) is 1. The average molecular weight is 332 g/mol. The molecule has 0 unspecified atom stereocenters. The van der Waals surface area contributed by atoms with Crippen LogP contribution in [0.3, 0.4) is 0 Å². The average Bonchev–Trinajstić information content (AvgIpc) is 2.60. The maximum absolute atomic E-state index is 13.7. The molecular weight excluding hydrogens is 310 g/mol. The van der Waals surface area contributed by atoms with Gasteiger partial charge in [0.2, 0.25) is 5.91 Å². The molecule has 0 radical (unpaired) electrons. The summed E-state index contributed by atoms with van der Waals surface area (Å²) in [7, 11) is 0.